The van der Waals surface area contributed by atoms with Crippen molar-refractivity contribution in [1.82, 2.24) is 4.98 Å². The lowest BCUT2D eigenvalue weighted by Gasteiger charge is -2.10. The summed E-state index contributed by atoms with van der Waals surface area (Å²) >= 11 is 7.48. The number of thiophene rings is 1. The van der Waals surface area contributed by atoms with E-state index in [4.69, 9.17) is 16.3 Å². The summed E-state index contributed by atoms with van der Waals surface area (Å²) in [7, 11) is 0. The largest absolute Gasteiger partial charge is 0.462 e. The van der Waals surface area contributed by atoms with Crippen molar-refractivity contribution in [2.24, 2.45) is 0 Å². The molecule has 0 radical (unpaired) electrons. The summed E-state index contributed by atoms with van der Waals surface area (Å²) in [5.74, 6) is -0.656. The van der Waals surface area contributed by atoms with Crippen LogP contribution in [0.25, 0.3) is 21.5 Å². The number of hydrogen-bond donors (Lipinski definition) is 1. The molecule has 0 aliphatic heterocycles. The number of para-hydroxylation sites is 1. The molecular formula is C23H17ClN2O3S. The Labute approximate surface area is 182 Å². The Morgan fingerprint density at radius 1 is 1.07 bits per heavy atom. The molecule has 0 fully saturated rings. The molecule has 5 nitrogen and oxygen atoms in total. The Balaban J connectivity index is 1.66. The minimum atomic E-state index is -0.394. The highest BCUT2D eigenvalue weighted by molar-refractivity contribution is 7.19. The Hall–Kier alpha value is -3.22. The summed E-state index contributed by atoms with van der Waals surface area (Å²) in [6, 6.07) is 19.6. The van der Waals surface area contributed by atoms with Crippen molar-refractivity contribution in [3.8, 4) is 10.6 Å². The van der Waals surface area contributed by atoms with Crippen LogP contribution in [0.3, 0.4) is 0 Å². The first-order valence-corrected chi connectivity index (χ1v) is 10.5. The number of rotatable bonds is 5. The molecule has 2 heterocycles. The van der Waals surface area contributed by atoms with Gasteiger partial charge in [0.05, 0.1) is 38.2 Å². The van der Waals surface area contributed by atoms with Gasteiger partial charge in [-0.05, 0) is 55.5 Å². The normalized spacial score (nSPS) is 10.7. The number of carbonyl (C=O) groups excluding carboxylic acids is 2. The van der Waals surface area contributed by atoms with Crippen molar-refractivity contribution in [1.29, 1.82) is 0 Å². The minimum absolute atomic E-state index is 0.263. The van der Waals surface area contributed by atoms with Crippen LogP contribution in [-0.4, -0.2) is 23.5 Å². The number of nitrogens with zero attached hydrogens (tertiary/aromatic N) is 1. The lowest BCUT2D eigenvalue weighted by atomic mass is 10.1. The molecule has 0 unspecified atom stereocenters. The summed E-state index contributed by atoms with van der Waals surface area (Å²) in [5, 5.41) is 3.65. The predicted molar refractivity (Wildman–Crippen MR) is 120 cm³/mol. The lowest BCUT2D eigenvalue weighted by molar-refractivity contribution is 0.0526. The van der Waals surface area contributed by atoms with Crippen LogP contribution in [-0.2, 0) is 4.74 Å². The van der Waals surface area contributed by atoms with E-state index in [0.717, 1.165) is 15.8 Å². The number of amides is 1. The topological polar surface area (TPSA) is 68.3 Å². The maximum absolute atomic E-state index is 13.1. The minimum Gasteiger partial charge on any atom is -0.462 e. The molecule has 0 saturated heterocycles. The third kappa shape index (κ3) is 4.20. The van der Waals surface area contributed by atoms with Gasteiger partial charge in [0.1, 0.15) is 0 Å². The van der Waals surface area contributed by atoms with E-state index < -0.39 is 5.97 Å². The Kier molecular flexibility index (Phi) is 5.79. The highest BCUT2D eigenvalue weighted by Gasteiger charge is 2.15. The molecule has 7 heteroatoms. The van der Waals surface area contributed by atoms with Gasteiger partial charge in [0.25, 0.3) is 5.91 Å². The number of halogens is 1. The highest BCUT2D eigenvalue weighted by Crippen LogP contribution is 2.32. The first-order chi connectivity index (χ1) is 14.5. The summed E-state index contributed by atoms with van der Waals surface area (Å²) in [4.78, 5) is 30.4. The van der Waals surface area contributed by atoms with Crippen LogP contribution in [0.4, 0.5) is 5.69 Å². The summed E-state index contributed by atoms with van der Waals surface area (Å²) in [6.45, 7) is 2.06. The van der Waals surface area contributed by atoms with Crippen LogP contribution in [0.1, 0.15) is 27.6 Å². The van der Waals surface area contributed by atoms with Crippen LogP contribution >= 0.6 is 22.9 Å². The molecule has 0 saturated carbocycles. The molecule has 30 heavy (non-hydrogen) atoms. The number of nitrogens with one attached hydrogen (secondary N) is 1. The van der Waals surface area contributed by atoms with E-state index in [-0.39, 0.29) is 5.91 Å². The van der Waals surface area contributed by atoms with Crippen molar-refractivity contribution in [2.75, 3.05) is 11.9 Å². The number of aromatic nitrogens is 1. The fourth-order valence-corrected chi connectivity index (χ4v) is 4.05. The van der Waals surface area contributed by atoms with Crippen molar-refractivity contribution in [2.45, 2.75) is 6.92 Å². The third-order valence-corrected chi connectivity index (χ3v) is 5.69. The summed E-state index contributed by atoms with van der Waals surface area (Å²) < 4.78 is 5.64. The van der Waals surface area contributed by atoms with Gasteiger partial charge in [-0.3, -0.25) is 4.79 Å². The van der Waals surface area contributed by atoms with Crippen molar-refractivity contribution in [3.05, 3.63) is 82.2 Å². The van der Waals surface area contributed by atoms with Crippen molar-refractivity contribution in [3.63, 3.8) is 0 Å². The van der Waals surface area contributed by atoms with E-state index >= 15 is 0 Å². The first kappa shape index (κ1) is 20.1. The van der Waals surface area contributed by atoms with Gasteiger partial charge in [0, 0.05) is 11.1 Å². The second-order valence-corrected chi connectivity index (χ2v) is 8.14. The zero-order valence-electron chi connectivity index (χ0n) is 16.0. The van der Waals surface area contributed by atoms with E-state index in [0.29, 0.717) is 33.5 Å². The van der Waals surface area contributed by atoms with Crippen LogP contribution in [0.15, 0.2) is 66.7 Å². The molecule has 0 spiro atoms. The number of carbonyl (C=O) groups is 2. The Morgan fingerprint density at radius 2 is 1.83 bits per heavy atom. The third-order valence-electron chi connectivity index (χ3n) is 4.44. The second kappa shape index (κ2) is 8.65. The summed E-state index contributed by atoms with van der Waals surface area (Å²) in [5.41, 5.74) is 2.93. The van der Waals surface area contributed by atoms with Gasteiger partial charge in [-0.1, -0.05) is 29.8 Å². The standard InChI is InChI=1S/C23H17ClN2O3S/c1-2-29-23(28)14-7-9-15(10-8-14)25-22(27)17-13-19(20-11-12-21(24)30-20)26-18-6-4-3-5-16(17)18/h3-13H,2H2,1H3,(H,25,27). The zero-order valence-corrected chi connectivity index (χ0v) is 17.6. The number of esters is 1. The quantitative estimate of drug-likeness (QED) is 0.387. The average Bonchev–Trinajstić information content (AvgIpc) is 3.20. The molecule has 0 aliphatic rings. The fraction of sp³-hybridized carbons (Fsp3) is 0.0870. The summed E-state index contributed by atoms with van der Waals surface area (Å²) in [6.07, 6.45) is 0. The van der Waals surface area contributed by atoms with Crippen LogP contribution in [0.5, 0.6) is 0 Å². The average molecular weight is 437 g/mol. The Bertz CT molecular complexity index is 1230. The van der Waals surface area contributed by atoms with Crippen LogP contribution in [0.2, 0.25) is 4.34 Å². The molecule has 4 aromatic rings. The van der Waals surface area contributed by atoms with E-state index in [9.17, 15) is 9.59 Å². The molecule has 150 valence electrons. The molecular weight excluding hydrogens is 420 g/mol. The maximum atomic E-state index is 13.1. The van der Waals surface area contributed by atoms with Crippen LogP contribution < -0.4 is 5.32 Å². The molecule has 2 aromatic heterocycles. The smallest absolute Gasteiger partial charge is 0.338 e. The Morgan fingerprint density at radius 3 is 2.53 bits per heavy atom. The monoisotopic (exact) mass is 436 g/mol. The lowest BCUT2D eigenvalue weighted by Crippen LogP contribution is -2.13. The first-order valence-electron chi connectivity index (χ1n) is 9.29. The molecule has 0 bridgehead atoms. The maximum Gasteiger partial charge on any atom is 0.338 e. The second-order valence-electron chi connectivity index (χ2n) is 6.43. The molecule has 1 N–H and O–H groups in total. The van der Waals surface area contributed by atoms with Gasteiger partial charge in [-0.2, -0.15) is 0 Å². The molecule has 2 aromatic carbocycles. The number of anilines is 1. The number of pyridine rings is 1. The number of benzene rings is 2. The number of fused-ring (bicyclic) bond motifs is 1. The van der Waals surface area contributed by atoms with Crippen molar-refractivity contribution >= 4 is 51.4 Å². The van der Waals surface area contributed by atoms with E-state index in [1.807, 2.05) is 36.4 Å². The SMILES string of the molecule is CCOC(=O)c1ccc(NC(=O)c2cc(-c3ccc(Cl)s3)nc3ccccc23)cc1. The highest BCUT2D eigenvalue weighted by atomic mass is 35.5. The van der Waals surface area contributed by atoms with Crippen LogP contribution in [0, 0.1) is 0 Å². The van der Waals surface area contributed by atoms with Gasteiger partial charge in [0.15, 0.2) is 0 Å². The number of hydrogen-bond acceptors (Lipinski definition) is 5. The zero-order chi connectivity index (χ0) is 21.1. The fourth-order valence-electron chi connectivity index (χ4n) is 3.04. The van der Waals surface area contributed by atoms with E-state index in [1.165, 1.54) is 11.3 Å². The van der Waals surface area contributed by atoms with Gasteiger partial charge in [0.2, 0.25) is 0 Å². The van der Waals surface area contributed by atoms with Gasteiger partial charge < -0.3 is 10.1 Å². The van der Waals surface area contributed by atoms with Crippen molar-refractivity contribution < 1.29 is 14.3 Å². The molecule has 4 rings (SSSR count). The molecule has 0 aliphatic carbocycles. The van der Waals surface area contributed by atoms with Gasteiger partial charge in [-0.25, -0.2) is 9.78 Å². The van der Waals surface area contributed by atoms with Gasteiger partial charge >= 0.3 is 5.97 Å². The van der Waals surface area contributed by atoms with Gasteiger partial charge in [-0.15, -0.1) is 11.3 Å². The predicted octanol–water partition coefficient (Wildman–Crippen LogP) is 6.05. The van der Waals surface area contributed by atoms with E-state index in [1.54, 1.807) is 37.3 Å². The molecule has 0 atom stereocenters. The molecule has 1 amide bonds. The van der Waals surface area contributed by atoms with E-state index in [2.05, 4.69) is 10.3 Å². The number of ether oxygens (including phenoxy) is 1.